The zero-order valence-corrected chi connectivity index (χ0v) is 12.8. The summed E-state index contributed by atoms with van der Waals surface area (Å²) in [5.41, 5.74) is 0.318. The molecule has 0 atom stereocenters. The molecule has 1 rings (SSSR count). The summed E-state index contributed by atoms with van der Waals surface area (Å²) in [7, 11) is 0. The van der Waals surface area contributed by atoms with Gasteiger partial charge in [-0.1, -0.05) is 6.07 Å². The van der Waals surface area contributed by atoms with Crippen molar-refractivity contribution in [2.24, 2.45) is 0 Å². The van der Waals surface area contributed by atoms with E-state index in [1.807, 2.05) is 13.8 Å². The number of amides is 1. The molecule has 0 aliphatic heterocycles. The first-order valence-corrected chi connectivity index (χ1v) is 7.15. The van der Waals surface area contributed by atoms with E-state index in [4.69, 9.17) is 4.74 Å². The van der Waals surface area contributed by atoms with Crippen LogP contribution in [-0.2, 0) is 4.74 Å². The Kier molecular flexibility index (Phi) is 7.02. The van der Waals surface area contributed by atoms with E-state index in [0.29, 0.717) is 18.7 Å². The van der Waals surface area contributed by atoms with Crippen LogP contribution in [0.25, 0.3) is 0 Å². The van der Waals surface area contributed by atoms with E-state index in [1.165, 1.54) is 12.1 Å². The van der Waals surface area contributed by atoms with E-state index in [0.717, 1.165) is 12.8 Å². The average Bonchev–Trinajstić information content (AvgIpc) is 2.36. The molecule has 1 N–H and O–H groups in total. The van der Waals surface area contributed by atoms with Gasteiger partial charge in [0.15, 0.2) is 0 Å². The normalized spacial score (nSPS) is 10.8. The van der Waals surface area contributed by atoms with Crippen molar-refractivity contribution in [2.75, 3.05) is 13.2 Å². The van der Waals surface area contributed by atoms with Crippen LogP contribution in [0.15, 0.2) is 22.7 Å². The summed E-state index contributed by atoms with van der Waals surface area (Å²) in [4.78, 5) is 11.8. The molecule has 0 spiro atoms. The van der Waals surface area contributed by atoms with Crippen molar-refractivity contribution < 1.29 is 13.9 Å². The van der Waals surface area contributed by atoms with Crippen LogP contribution in [-0.4, -0.2) is 25.2 Å². The van der Waals surface area contributed by atoms with Crippen LogP contribution in [0.4, 0.5) is 4.39 Å². The van der Waals surface area contributed by atoms with Gasteiger partial charge in [-0.15, -0.1) is 0 Å². The Labute approximate surface area is 121 Å². The molecule has 106 valence electrons. The molecule has 0 bridgehead atoms. The third-order valence-corrected chi connectivity index (χ3v) is 3.31. The Morgan fingerprint density at radius 3 is 2.84 bits per heavy atom. The highest BCUT2D eigenvalue weighted by Gasteiger charge is 2.12. The molecule has 5 heteroatoms. The van der Waals surface area contributed by atoms with E-state index in [-0.39, 0.29) is 16.5 Å². The minimum Gasteiger partial charge on any atom is -0.379 e. The number of ether oxygens (including phenoxy) is 1. The maximum Gasteiger partial charge on any atom is 0.252 e. The van der Waals surface area contributed by atoms with Crippen molar-refractivity contribution in [2.45, 2.75) is 32.8 Å². The van der Waals surface area contributed by atoms with Crippen LogP contribution in [0.5, 0.6) is 0 Å². The van der Waals surface area contributed by atoms with Crippen LogP contribution in [0, 0.1) is 5.82 Å². The Morgan fingerprint density at radius 2 is 2.16 bits per heavy atom. The molecule has 0 saturated heterocycles. The van der Waals surface area contributed by atoms with Crippen LogP contribution in [0.3, 0.4) is 0 Å². The standard InChI is InChI=1S/C14H19BrFNO2/c1-10(2)19-9-4-3-8-17-14(18)11-6-5-7-12(16)13(11)15/h5-7,10H,3-4,8-9H2,1-2H3,(H,17,18). The molecule has 0 aliphatic carbocycles. The monoisotopic (exact) mass is 331 g/mol. The number of nitrogens with one attached hydrogen (secondary N) is 1. The number of hydrogen-bond donors (Lipinski definition) is 1. The minimum atomic E-state index is -0.432. The van der Waals surface area contributed by atoms with E-state index in [9.17, 15) is 9.18 Å². The van der Waals surface area contributed by atoms with Gasteiger partial charge < -0.3 is 10.1 Å². The van der Waals surface area contributed by atoms with E-state index in [2.05, 4.69) is 21.2 Å². The summed E-state index contributed by atoms with van der Waals surface area (Å²) in [5.74, 6) is -0.700. The molecule has 0 fully saturated rings. The second kappa shape index (κ2) is 8.27. The van der Waals surface area contributed by atoms with Crippen LogP contribution in [0.2, 0.25) is 0 Å². The molecule has 0 heterocycles. The summed E-state index contributed by atoms with van der Waals surface area (Å²) >= 11 is 3.07. The zero-order valence-electron chi connectivity index (χ0n) is 11.2. The molecular formula is C14H19BrFNO2. The van der Waals surface area contributed by atoms with Gasteiger partial charge >= 0.3 is 0 Å². The van der Waals surface area contributed by atoms with Crippen molar-refractivity contribution >= 4 is 21.8 Å². The Bertz CT molecular complexity index is 424. The molecule has 1 amide bonds. The molecule has 0 aromatic heterocycles. The van der Waals surface area contributed by atoms with Gasteiger partial charge in [0.25, 0.3) is 5.91 Å². The van der Waals surface area contributed by atoms with Crippen LogP contribution >= 0.6 is 15.9 Å². The highest BCUT2D eigenvalue weighted by molar-refractivity contribution is 9.10. The topological polar surface area (TPSA) is 38.3 Å². The lowest BCUT2D eigenvalue weighted by molar-refractivity contribution is 0.0754. The number of halogens is 2. The van der Waals surface area contributed by atoms with Gasteiger partial charge in [-0.3, -0.25) is 4.79 Å². The van der Waals surface area contributed by atoms with Gasteiger partial charge in [-0.05, 0) is 54.8 Å². The predicted molar refractivity (Wildman–Crippen MR) is 76.8 cm³/mol. The zero-order chi connectivity index (χ0) is 14.3. The van der Waals surface area contributed by atoms with Gasteiger partial charge in [0.2, 0.25) is 0 Å². The summed E-state index contributed by atoms with van der Waals surface area (Å²) in [6.07, 6.45) is 1.96. The second-order valence-corrected chi connectivity index (χ2v) is 5.28. The Balaban J connectivity index is 2.30. The molecule has 0 aliphatic rings. The lowest BCUT2D eigenvalue weighted by Gasteiger charge is -2.09. The SMILES string of the molecule is CC(C)OCCCCNC(=O)c1cccc(F)c1Br. The third-order valence-electron chi connectivity index (χ3n) is 2.50. The lowest BCUT2D eigenvalue weighted by atomic mass is 10.2. The number of rotatable bonds is 7. The second-order valence-electron chi connectivity index (χ2n) is 4.48. The third kappa shape index (κ3) is 5.70. The highest BCUT2D eigenvalue weighted by Crippen LogP contribution is 2.20. The van der Waals surface area contributed by atoms with Crippen molar-refractivity contribution in [3.05, 3.63) is 34.1 Å². The van der Waals surface area contributed by atoms with Crippen molar-refractivity contribution in [1.82, 2.24) is 5.32 Å². The minimum absolute atomic E-state index is 0.204. The first-order chi connectivity index (χ1) is 9.02. The quantitative estimate of drug-likeness (QED) is 0.776. The van der Waals surface area contributed by atoms with Crippen LogP contribution < -0.4 is 5.32 Å². The molecule has 0 radical (unpaired) electrons. The van der Waals surface area contributed by atoms with Gasteiger partial charge in [-0.25, -0.2) is 4.39 Å². The molecule has 3 nitrogen and oxygen atoms in total. The van der Waals surface area contributed by atoms with Crippen molar-refractivity contribution in [1.29, 1.82) is 0 Å². The lowest BCUT2D eigenvalue weighted by Crippen LogP contribution is -2.25. The smallest absolute Gasteiger partial charge is 0.252 e. The van der Waals surface area contributed by atoms with E-state index >= 15 is 0 Å². The summed E-state index contributed by atoms with van der Waals surface area (Å²) in [5, 5.41) is 2.76. The number of carbonyl (C=O) groups excluding carboxylic acids is 1. The molecule has 19 heavy (non-hydrogen) atoms. The van der Waals surface area contributed by atoms with Gasteiger partial charge in [0.05, 0.1) is 16.1 Å². The van der Waals surface area contributed by atoms with Crippen molar-refractivity contribution in [3.8, 4) is 0 Å². The molecule has 0 saturated carbocycles. The summed E-state index contributed by atoms with van der Waals surface area (Å²) < 4.78 is 18.9. The number of carbonyl (C=O) groups is 1. The Morgan fingerprint density at radius 1 is 1.42 bits per heavy atom. The fourth-order valence-corrected chi connectivity index (χ4v) is 1.97. The molecule has 1 aromatic carbocycles. The average molecular weight is 332 g/mol. The maximum atomic E-state index is 13.3. The van der Waals surface area contributed by atoms with Gasteiger partial charge in [0.1, 0.15) is 5.82 Å². The summed E-state index contributed by atoms with van der Waals surface area (Å²) in [6.45, 7) is 5.23. The van der Waals surface area contributed by atoms with E-state index < -0.39 is 5.82 Å². The fourth-order valence-electron chi connectivity index (χ4n) is 1.52. The summed E-state index contributed by atoms with van der Waals surface area (Å²) in [6, 6.07) is 4.42. The molecule has 1 aromatic rings. The van der Waals surface area contributed by atoms with E-state index in [1.54, 1.807) is 6.07 Å². The number of benzene rings is 1. The largest absolute Gasteiger partial charge is 0.379 e. The first-order valence-electron chi connectivity index (χ1n) is 6.36. The van der Waals surface area contributed by atoms with Crippen molar-refractivity contribution in [3.63, 3.8) is 0 Å². The number of unbranched alkanes of at least 4 members (excludes halogenated alkanes) is 1. The number of hydrogen-bond acceptors (Lipinski definition) is 2. The predicted octanol–water partition coefficient (Wildman–Crippen LogP) is 3.52. The molecular weight excluding hydrogens is 313 g/mol. The molecule has 0 unspecified atom stereocenters. The Hall–Kier alpha value is -0.940. The maximum absolute atomic E-state index is 13.3. The fraction of sp³-hybridized carbons (Fsp3) is 0.500. The van der Waals surface area contributed by atoms with Gasteiger partial charge in [-0.2, -0.15) is 0 Å². The van der Waals surface area contributed by atoms with Crippen LogP contribution in [0.1, 0.15) is 37.0 Å². The van der Waals surface area contributed by atoms with Gasteiger partial charge in [0, 0.05) is 13.2 Å². The first kappa shape index (κ1) is 16.1. The highest BCUT2D eigenvalue weighted by atomic mass is 79.9.